The van der Waals surface area contributed by atoms with Gasteiger partial charge in [-0.2, -0.15) is 0 Å². The minimum atomic E-state index is -0.229. The van der Waals surface area contributed by atoms with Crippen LogP contribution in [0, 0.1) is 6.92 Å². The number of ether oxygens (including phenoxy) is 1. The van der Waals surface area contributed by atoms with Crippen LogP contribution >= 0.6 is 11.6 Å². The number of amides is 1. The molecule has 32 heavy (non-hydrogen) atoms. The van der Waals surface area contributed by atoms with E-state index in [-0.39, 0.29) is 5.91 Å². The summed E-state index contributed by atoms with van der Waals surface area (Å²) in [6.07, 6.45) is 3.15. The lowest BCUT2D eigenvalue weighted by Crippen LogP contribution is -2.36. The number of nitrogens with one attached hydrogen (secondary N) is 2. The maximum absolute atomic E-state index is 12.2. The molecule has 1 amide bonds. The number of halogens is 1. The van der Waals surface area contributed by atoms with Crippen molar-refractivity contribution >= 4 is 46.6 Å². The third kappa shape index (κ3) is 5.84. The third-order valence-electron chi connectivity index (χ3n) is 4.90. The number of rotatable bonds is 6. The van der Waals surface area contributed by atoms with Crippen molar-refractivity contribution in [1.82, 2.24) is 9.97 Å². The van der Waals surface area contributed by atoms with Gasteiger partial charge >= 0.3 is 0 Å². The van der Waals surface area contributed by atoms with E-state index in [1.54, 1.807) is 12.1 Å². The molecular weight excluding hydrogens is 426 g/mol. The standard InChI is InChI=1S/C24H24ClN5O2/c1-17-26-22(16-23(27-17)30-12-14-32-15-13-30)28-19-7-9-20(10-8-19)29-24(31)11-6-18-4-2-3-5-21(18)25/h2-11,16H,12-15H2,1H3,(H,29,31)(H,26,27,28)/b11-6+. The molecule has 2 heterocycles. The van der Waals surface area contributed by atoms with E-state index in [0.717, 1.165) is 36.0 Å². The summed E-state index contributed by atoms with van der Waals surface area (Å²) in [5, 5.41) is 6.75. The zero-order valence-corrected chi connectivity index (χ0v) is 18.5. The zero-order valence-electron chi connectivity index (χ0n) is 17.7. The lowest BCUT2D eigenvalue weighted by atomic mass is 10.2. The number of carbonyl (C=O) groups excluding carboxylic acids is 1. The highest BCUT2D eigenvalue weighted by molar-refractivity contribution is 6.32. The number of morpholine rings is 1. The Morgan fingerprint density at radius 2 is 1.78 bits per heavy atom. The highest BCUT2D eigenvalue weighted by atomic mass is 35.5. The van der Waals surface area contributed by atoms with Crippen molar-refractivity contribution in [2.45, 2.75) is 6.92 Å². The molecule has 1 saturated heterocycles. The highest BCUT2D eigenvalue weighted by Crippen LogP contribution is 2.22. The molecular formula is C24H24ClN5O2. The van der Waals surface area contributed by atoms with Gasteiger partial charge in [-0.15, -0.1) is 0 Å². The Morgan fingerprint density at radius 3 is 2.53 bits per heavy atom. The third-order valence-corrected chi connectivity index (χ3v) is 5.25. The average Bonchev–Trinajstić information content (AvgIpc) is 2.80. The molecule has 0 spiro atoms. The lowest BCUT2D eigenvalue weighted by Gasteiger charge is -2.28. The van der Waals surface area contributed by atoms with Gasteiger partial charge in [0.2, 0.25) is 5.91 Å². The van der Waals surface area contributed by atoms with Crippen LogP contribution in [0.25, 0.3) is 6.08 Å². The molecule has 3 aromatic rings. The smallest absolute Gasteiger partial charge is 0.248 e. The fourth-order valence-electron chi connectivity index (χ4n) is 3.31. The van der Waals surface area contributed by atoms with Crippen LogP contribution in [0.3, 0.4) is 0 Å². The van der Waals surface area contributed by atoms with Gasteiger partial charge in [0.15, 0.2) is 0 Å². The molecule has 7 nitrogen and oxygen atoms in total. The summed E-state index contributed by atoms with van der Waals surface area (Å²) in [5.74, 6) is 2.08. The fourth-order valence-corrected chi connectivity index (χ4v) is 3.51. The van der Waals surface area contributed by atoms with E-state index in [1.807, 2.05) is 55.5 Å². The largest absolute Gasteiger partial charge is 0.378 e. The maximum atomic E-state index is 12.2. The summed E-state index contributed by atoms with van der Waals surface area (Å²) in [6, 6.07) is 16.7. The van der Waals surface area contributed by atoms with Gasteiger partial charge in [0.05, 0.1) is 13.2 Å². The van der Waals surface area contributed by atoms with E-state index in [2.05, 4.69) is 25.5 Å². The minimum absolute atomic E-state index is 0.229. The number of hydrogen-bond acceptors (Lipinski definition) is 6. The Hall–Kier alpha value is -3.42. The fraction of sp³-hybridized carbons (Fsp3) is 0.208. The van der Waals surface area contributed by atoms with Gasteiger partial charge in [0.1, 0.15) is 17.5 Å². The van der Waals surface area contributed by atoms with E-state index in [1.165, 1.54) is 6.08 Å². The van der Waals surface area contributed by atoms with Crippen molar-refractivity contribution < 1.29 is 9.53 Å². The number of aromatic nitrogens is 2. The molecule has 0 saturated carbocycles. The Kier molecular flexibility index (Phi) is 6.99. The number of aryl methyl sites for hydroxylation is 1. The van der Waals surface area contributed by atoms with E-state index in [0.29, 0.717) is 29.7 Å². The van der Waals surface area contributed by atoms with Crippen molar-refractivity contribution in [1.29, 1.82) is 0 Å². The molecule has 4 rings (SSSR count). The molecule has 164 valence electrons. The first-order chi connectivity index (χ1) is 15.6. The molecule has 1 aliphatic heterocycles. The van der Waals surface area contributed by atoms with Crippen molar-refractivity contribution in [2.24, 2.45) is 0 Å². The lowest BCUT2D eigenvalue weighted by molar-refractivity contribution is -0.111. The van der Waals surface area contributed by atoms with Crippen LogP contribution in [0.2, 0.25) is 5.02 Å². The summed E-state index contributed by atoms with van der Waals surface area (Å²) in [6.45, 7) is 4.91. The predicted octanol–water partition coefficient (Wildman–Crippen LogP) is 4.67. The molecule has 2 aromatic carbocycles. The second-order valence-corrected chi connectivity index (χ2v) is 7.71. The van der Waals surface area contributed by atoms with Crippen molar-refractivity contribution in [3.8, 4) is 0 Å². The second-order valence-electron chi connectivity index (χ2n) is 7.30. The first-order valence-electron chi connectivity index (χ1n) is 10.4. The van der Waals surface area contributed by atoms with Gasteiger partial charge in [-0.1, -0.05) is 29.8 Å². The SMILES string of the molecule is Cc1nc(Nc2ccc(NC(=O)/C=C/c3ccccc3Cl)cc2)cc(N2CCOCC2)n1. The molecule has 0 atom stereocenters. The monoisotopic (exact) mass is 449 g/mol. The number of benzene rings is 2. The first-order valence-corrected chi connectivity index (χ1v) is 10.7. The molecule has 1 aromatic heterocycles. The van der Waals surface area contributed by atoms with Gasteiger partial charge in [0, 0.05) is 41.6 Å². The molecule has 0 bridgehead atoms. The number of nitrogens with zero attached hydrogens (tertiary/aromatic N) is 3. The van der Waals surface area contributed by atoms with Crippen LogP contribution in [0.1, 0.15) is 11.4 Å². The van der Waals surface area contributed by atoms with E-state index < -0.39 is 0 Å². The average molecular weight is 450 g/mol. The summed E-state index contributed by atoms with van der Waals surface area (Å²) in [5.41, 5.74) is 2.35. The molecule has 1 aliphatic rings. The Morgan fingerprint density at radius 1 is 1.06 bits per heavy atom. The van der Waals surface area contributed by atoms with Crippen LogP contribution in [-0.2, 0) is 9.53 Å². The number of carbonyl (C=O) groups is 1. The van der Waals surface area contributed by atoms with Gasteiger partial charge < -0.3 is 20.3 Å². The molecule has 0 radical (unpaired) electrons. The normalized spacial score (nSPS) is 13.9. The van der Waals surface area contributed by atoms with Crippen molar-refractivity contribution in [3.63, 3.8) is 0 Å². The van der Waals surface area contributed by atoms with Crippen LogP contribution in [0.4, 0.5) is 23.0 Å². The van der Waals surface area contributed by atoms with Gasteiger partial charge in [-0.05, 0) is 48.9 Å². The maximum Gasteiger partial charge on any atom is 0.248 e. The first kappa shape index (κ1) is 21.8. The minimum Gasteiger partial charge on any atom is -0.378 e. The zero-order chi connectivity index (χ0) is 22.3. The number of anilines is 4. The Balaban J connectivity index is 1.38. The summed E-state index contributed by atoms with van der Waals surface area (Å²) >= 11 is 6.11. The summed E-state index contributed by atoms with van der Waals surface area (Å²) in [4.78, 5) is 23.4. The Labute approximate surface area is 192 Å². The topological polar surface area (TPSA) is 79.4 Å². The van der Waals surface area contributed by atoms with Crippen LogP contribution in [0.15, 0.2) is 60.7 Å². The molecule has 2 N–H and O–H groups in total. The van der Waals surface area contributed by atoms with E-state index in [9.17, 15) is 4.79 Å². The predicted molar refractivity (Wildman–Crippen MR) is 129 cm³/mol. The summed E-state index contributed by atoms with van der Waals surface area (Å²) < 4.78 is 5.42. The second kappa shape index (κ2) is 10.3. The van der Waals surface area contributed by atoms with E-state index >= 15 is 0 Å². The number of hydrogen-bond donors (Lipinski definition) is 2. The Bertz CT molecular complexity index is 1110. The van der Waals surface area contributed by atoms with Crippen molar-refractivity contribution in [2.75, 3.05) is 41.8 Å². The van der Waals surface area contributed by atoms with Crippen LogP contribution in [-0.4, -0.2) is 42.2 Å². The van der Waals surface area contributed by atoms with Gasteiger partial charge in [0.25, 0.3) is 0 Å². The molecule has 0 aliphatic carbocycles. The van der Waals surface area contributed by atoms with Gasteiger partial charge in [-0.3, -0.25) is 4.79 Å². The summed E-state index contributed by atoms with van der Waals surface area (Å²) in [7, 11) is 0. The molecule has 1 fully saturated rings. The van der Waals surface area contributed by atoms with Gasteiger partial charge in [-0.25, -0.2) is 9.97 Å². The van der Waals surface area contributed by atoms with Crippen molar-refractivity contribution in [3.05, 3.63) is 77.1 Å². The molecule has 0 unspecified atom stereocenters. The highest BCUT2D eigenvalue weighted by Gasteiger charge is 2.14. The van der Waals surface area contributed by atoms with Crippen LogP contribution < -0.4 is 15.5 Å². The quantitative estimate of drug-likeness (QED) is 0.532. The molecule has 8 heteroatoms. The van der Waals surface area contributed by atoms with Crippen LogP contribution in [0.5, 0.6) is 0 Å². The van der Waals surface area contributed by atoms with E-state index in [4.69, 9.17) is 16.3 Å².